The number of carbonyl (C=O) groups is 1. The molecule has 0 spiro atoms. The second-order valence-electron chi connectivity index (χ2n) is 4.34. The van der Waals surface area contributed by atoms with Crippen LogP contribution in [0.5, 0.6) is 0 Å². The molecule has 1 amide bonds. The van der Waals surface area contributed by atoms with Crippen LogP contribution in [0.3, 0.4) is 0 Å². The van der Waals surface area contributed by atoms with Gasteiger partial charge in [-0.2, -0.15) is 0 Å². The summed E-state index contributed by atoms with van der Waals surface area (Å²) in [5.41, 5.74) is 2.04. The highest BCUT2D eigenvalue weighted by atomic mass is 79.9. The minimum absolute atomic E-state index is 0.00683. The molecule has 0 fully saturated rings. The van der Waals surface area contributed by atoms with Gasteiger partial charge in [-0.15, -0.1) is 0 Å². The van der Waals surface area contributed by atoms with Crippen LogP contribution in [-0.2, 0) is 4.79 Å². The lowest BCUT2D eigenvalue weighted by Gasteiger charge is -2.10. The van der Waals surface area contributed by atoms with E-state index in [1.165, 1.54) is 6.07 Å². The Morgan fingerprint density at radius 1 is 1.20 bits per heavy atom. The fraction of sp³-hybridized carbons (Fsp3) is 0.133. The molecular formula is C15H14BrFN2O. The van der Waals surface area contributed by atoms with Gasteiger partial charge in [0.15, 0.2) is 0 Å². The maximum atomic E-state index is 13.6. The molecule has 0 unspecified atom stereocenters. The van der Waals surface area contributed by atoms with Crippen LogP contribution in [0.2, 0.25) is 0 Å². The van der Waals surface area contributed by atoms with E-state index in [4.69, 9.17) is 0 Å². The van der Waals surface area contributed by atoms with Crippen LogP contribution in [0, 0.1) is 12.7 Å². The molecule has 0 aliphatic carbocycles. The van der Waals surface area contributed by atoms with Gasteiger partial charge in [0.05, 0.1) is 12.2 Å². The van der Waals surface area contributed by atoms with Crippen molar-refractivity contribution in [3.8, 4) is 0 Å². The fourth-order valence-electron chi connectivity index (χ4n) is 1.72. The van der Waals surface area contributed by atoms with Crippen LogP contribution in [0.15, 0.2) is 46.9 Å². The normalized spacial score (nSPS) is 10.2. The molecule has 20 heavy (non-hydrogen) atoms. The van der Waals surface area contributed by atoms with Gasteiger partial charge in [0, 0.05) is 10.2 Å². The topological polar surface area (TPSA) is 41.1 Å². The van der Waals surface area contributed by atoms with Crippen LogP contribution >= 0.6 is 15.9 Å². The average Bonchev–Trinajstić information content (AvgIpc) is 2.40. The molecule has 2 N–H and O–H groups in total. The minimum atomic E-state index is -0.400. The zero-order chi connectivity index (χ0) is 14.5. The molecule has 0 radical (unpaired) electrons. The van der Waals surface area contributed by atoms with Gasteiger partial charge >= 0.3 is 0 Å². The molecule has 3 nitrogen and oxygen atoms in total. The summed E-state index contributed by atoms with van der Waals surface area (Å²) in [6, 6.07) is 12.1. The standard InChI is InChI=1S/C15H14BrFN2O/c1-10-4-2-3-5-13(10)19-15(20)9-18-14-7-6-11(16)8-12(14)17/h2-8,18H,9H2,1H3,(H,19,20). The zero-order valence-corrected chi connectivity index (χ0v) is 12.5. The Morgan fingerprint density at radius 3 is 2.65 bits per heavy atom. The highest BCUT2D eigenvalue weighted by Crippen LogP contribution is 2.19. The Bertz CT molecular complexity index is 631. The second kappa shape index (κ2) is 6.52. The molecule has 0 saturated carbocycles. The van der Waals surface area contributed by atoms with E-state index in [0.717, 1.165) is 11.3 Å². The molecule has 0 aliphatic heterocycles. The molecule has 0 aliphatic rings. The average molecular weight is 337 g/mol. The smallest absolute Gasteiger partial charge is 0.243 e. The van der Waals surface area contributed by atoms with E-state index in [9.17, 15) is 9.18 Å². The van der Waals surface area contributed by atoms with Gasteiger partial charge in [-0.25, -0.2) is 4.39 Å². The molecular weight excluding hydrogens is 323 g/mol. The fourth-order valence-corrected chi connectivity index (χ4v) is 2.05. The maximum Gasteiger partial charge on any atom is 0.243 e. The predicted octanol–water partition coefficient (Wildman–Crippen LogP) is 3.95. The Balaban J connectivity index is 1.94. The molecule has 0 saturated heterocycles. The Labute approximate surface area is 125 Å². The lowest BCUT2D eigenvalue weighted by molar-refractivity contribution is -0.114. The van der Waals surface area contributed by atoms with E-state index in [-0.39, 0.29) is 12.5 Å². The van der Waals surface area contributed by atoms with Gasteiger partial charge in [-0.3, -0.25) is 4.79 Å². The van der Waals surface area contributed by atoms with Crippen LogP contribution in [0.25, 0.3) is 0 Å². The van der Waals surface area contributed by atoms with Crippen molar-refractivity contribution in [1.82, 2.24) is 0 Å². The van der Waals surface area contributed by atoms with Crippen molar-refractivity contribution in [2.24, 2.45) is 0 Å². The summed E-state index contributed by atoms with van der Waals surface area (Å²) in [6.45, 7) is 1.92. The van der Waals surface area contributed by atoms with E-state index in [0.29, 0.717) is 10.2 Å². The van der Waals surface area contributed by atoms with Gasteiger partial charge in [0.25, 0.3) is 0 Å². The lowest BCUT2D eigenvalue weighted by Crippen LogP contribution is -2.22. The second-order valence-corrected chi connectivity index (χ2v) is 5.26. The molecule has 2 aromatic carbocycles. The number of halogens is 2. The first kappa shape index (κ1) is 14.5. The maximum absolute atomic E-state index is 13.6. The first-order valence-corrected chi connectivity index (χ1v) is 6.90. The molecule has 0 atom stereocenters. The molecule has 0 bridgehead atoms. The van der Waals surface area contributed by atoms with Gasteiger partial charge in [-0.05, 0) is 36.8 Å². The molecule has 5 heteroatoms. The van der Waals surface area contributed by atoms with Crippen LogP contribution in [0.1, 0.15) is 5.56 Å². The number of hydrogen-bond acceptors (Lipinski definition) is 2. The third kappa shape index (κ3) is 3.81. The van der Waals surface area contributed by atoms with Gasteiger partial charge in [0.1, 0.15) is 5.82 Å². The first-order valence-electron chi connectivity index (χ1n) is 6.10. The lowest BCUT2D eigenvalue weighted by atomic mass is 10.2. The summed E-state index contributed by atoms with van der Waals surface area (Å²) >= 11 is 3.18. The van der Waals surface area contributed by atoms with Crippen molar-refractivity contribution in [2.45, 2.75) is 6.92 Å². The van der Waals surface area contributed by atoms with E-state index >= 15 is 0 Å². The summed E-state index contributed by atoms with van der Waals surface area (Å²) in [4.78, 5) is 11.8. The van der Waals surface area contributed by atoms with Crippen molar-refractivity contribution in [1.29, 1.82) is 0 Å². The highest BCUT2D eigenvalue weighted by molar-refractivity contribution is 9.10. The first-order chi connectivity index (χ1) is 9.56. The summed E-state index contributed by atoms with van der Waals surface area (Å²) in [5.74, 6) is -0.621. The van der Waals surface area contributed by atoms with Crippen molar-refractivity contribution in [2.75, 3.05) is 17.2 Å². The summed E-state index contributed by atoms with van der Waals surface area (Å²) in [6.07, 6.45) is 0. The number of aryl methyl sites for hydroxylation is 1. The Morgan fingerprint density at radius 2 is 1.95 bits per heavy atom. The zero-order valence-electron chi connectivity index (χ0n) is 10.9. The number of carbonyl (C=O) groups excluding carboxylic acids is 1. The molecule has 0 aromatic heterocycles. The number of amides is 1. The number of benzene rings is 2. The summed E-state index contributed by atoms with van der Waals surface area (Å²) < 4.78 is 14.2. The third-order valence-electron chi connectivity index (χ3n) is 2.79. The Kier molecular flexibility index (Phi) is 4.74. The number of anilines is 2. The molecule has 2 aromatic rings. The van der Waals surface area contributed by atoms with Crippen molar-refractivity contribution in [3.05, 3.63) is 58.3 Å². The van der Waals surface area contributed by atoms with Crippen LogP contribution < -0.4 is 10.6 Å². The van der Waals surface area contributed by atoms with E-state index in [1.54, 1.807) is 12.1 Å². The number of nitrogens with one attached hydrogen (secondary N) is 2. The van der Waals surface area contributed by atoms with Gasteiger partial charge in [-0.1, -0.05) is 34.1 Å². The molecule has 104 valence electrons. The predicted molar refractivity (Wildman–Crippen MR) is 82.4 cm³/mol. The largest absolute Gasteiger partial charge is 0.374 e. The SMILES string of the molecule is Cc1ccccc1NC(=O)CNc1ccc(Br)cc1F. The van der Waals surface area contributed by atoms with Crippen LogP contribution in [-0.4, -0.2) is 12.5 Å². The number of hydrogen-bond donors (Lipinski definition) is 2. The van der Waals surface area contributed by atoms with Crippen molar-refractivity contribution >= 4 is 33.2 Å². The van der Waals surface area contributed by atoms with E-state index < -0.39 is 5.82 Å². The molecule has 0 heterocycles. The minimum Gasteiger partial charge on any atom is -0.374 e. The molecule has 2 rings (SSSR count). The van der Waals surface area contributed by atoms with E-state index in [1.807, 2.05) is 31.2 Å². The van der Waals surface area contributed by atoms with Gasteiger partial charge < -0.3 is 10.6 Å². The Hall–Kier alpha value is -1.88. The summed E-state index contributed by atoms with van der Waals surface area (Å²) in [5, 5.41) is 5.55. The quantitative estimate of drug-likeness (QED) is 0.887. The van der Waals surface area contributed by atoms with E-state index in [2.05, 4.69) is 26.6 Å². The number of rotatable bonds is 4. The monoisotopic (exact) mass is 336 g/mol. The van der Waals surface area contributed by atoms with Gasteiger partial charge in [0.2, 0.25) is 5.91 Å². The highest BCUT2D eigenvalue weighted by Gasteiger charge is 2.06. The van der Waals surface area contributed by atoms with Crippen LogP contribution in [0.4, 0.5) is 15.8 Å². The third-order valence-corrected chi connectivity index (χ3v) is 3.28. The number of para-hydroxylation sites is 1. The van der Waals surface area contributed by atoms with Crippen molar-refractivity contribution < 1.29 is 9.18 Å². The summed E-state index contributed by atoms with van der Waals surface area (Å²) in [7, 11) is 0. The van der Waals surface area contributed by atoms with Crippen molar-refractivity contribution in [3.63, 3.8) is 0 Å².